The molecule has 0 unspecified atom stereocenters. The largest absolute Gasteiger partial charge is 0.238 e. The van der Waals surface area contributed by atoms with E-state index in [1.165, 1.54) is 15.2 Å². The van der Waals surface area contributed by atoms with Crippen molar-refractivity contribution in [3.8, 4) is 12.3 Å². The molecule has 0 aliphatic rings. The van der Waals surface area contributed by atoms with Crippen LogP contribution in [0.3, 0.4) is 0 Å². The van der Waals surface area contributed by atoms with Gasteiger partial charge in [0.15, 0.2) is 0 Å². The van der Waals surface area contributed by atoms with Crippen LogP contribution in [0.15, 0.2) is 24.3 Å². The van der Waals surface area contributed by atoms with E-state index >= 15 is 0 Å². The van der Waals surface area contributed by atoms with Crippen molar-refractivity contribution in [3.63, 3.8) is 0 Å². The third-order valence-corrected chi connectivity index (χ3v) is 3.55. The molecule has 0 saturated carbocycles. The summed E-state index contributed by atoms with van der Waals surface area (Å²) in [4.78, 5) is 0. The second-order valence-electron chi connectivity index (χ2n) is 3.11. The first-order valence-corrected chi connectivity index (χ1v) is 5.52. The van der Waals surface area contributed by atoms with Gasteiger partial charge in [-0.1, -0.05) is 30.4 Å². The number of rotatable bonds is 2. The van der Waals surface area contributed by atoms with Crippen LogP contribution in [0.5, 0.6) is 0 Å². The number of hydrogen-bond acceptors (Lipinski definition) is 1. The summed E-state index contributed by atoms with van der Waals surface area (Å²) in [5.74, 6) is 2.71. The van der Waals surface area contributed by atoms with E-state index < -0.39 is 0 Å². The smallest absolute Gasteiger partial charge is 0.174 e. The fourth-order valence-corrected chi connectivity index (χ4v) is 2.71. The number of aryl methyl sites for hydroxylation is 1. The second kappa shape index (κ2) is 3.81. The van der Waals surface area contributed by atoms with Crippen LogP contribution in [-0.4, -0.2) is 0 Å². The van der Waals surface area contributed by atoms with E-state index in [-0.39, 0.29) is 0 Å². The van der Waals surface area contributed by atoms with Gasteiger partial charge in [0.1, 0.15) is 4.70 Å². The Labute approximate surface area is 88.0 Å². The fraction of sp³-hybridized carbons (Fsp3) is 0.250. The molecule has 2 heteroatoms. The minimum absolute atomic E-state index is 0.674. The molecule has 0 bridgehead atoms. The Morgan fingerprint density at radius 3 is 2.93 bits per heavy atom. The molecule has 0 saturated heterocycles. The highest BCUT2D eigenvalue weighted by Crippen LogP contribution is 2.20. The number of terminal acetylenes is 1. The predicted octanol–water partition coefficient (Wildman–Crippen LogP) is 2.38. The van der Waals surface area contributed by atoms with Crippen LogP contribution >= 0.6 is 11.3 Å². The molecule has 14 heavy (non-hydrogen) atoms. The van der Waals surface area contributed by atoms with Gasteiger partial charge < -0.3 is 0 Å². The highest BCUT2D eigenvalue weighted by atomic mass is 32.1. The average Bonchev–Trinajstić information content (AvgIpc) is 2.58. The standard InChI is InChI=1S/C12H12NS/c1-3-9-13-10-7-5-6-8-11(10)14-12(13)4-2/h1,5-8H,4,9H2,2H3/q+1. The number of thiazole rings is 1. The molecule has 0 spiro atoms. The molecule has 1 aromatic heterocycles. The van der Waals surface area contributed by atoms with Gasteiger partial charge in [0.2, 0.25) is 17.1 Å². The van der Waals surface area contributed by atoms with E-state index in [1.54, 1.807) is 0 Å². The van der Waals surface area contributed by atoms with Crippen LogP contribution in [0, 0.1) is 12.3 Å². The molecule has 1 nitrogen and oxygen atoms in total. The third-order valence-electron chi connectivity index (χ3n) is 2.24. The Morgan fingerprint density at radius 2 is 2.21 bits per heavy atom. The summed E-state index contributed by atoms with van der Waals surface area (Å²) in [5, 5.41) is 1.35. The lowest BCUT2D eigenvalue weighted by molar-refractivity contribution is -0.661. The van der Waals surface area contributed by atoms with Crippen molar-refractivity contribution in [1.29, 1.82) is 0 Å². The summed E-state index contributed by atoms with van der Waals surface area (Å²) < 4.78 is 3.54. The van der Waals surface area contributed by atoms with E-state index in [9.17, 15) is 0 Å². The van der Waals surface area contributed by atoms with Crippen molar-refractivity contribution in [2.75, 3.05) is 0 Å². The van der Waals surface area contributed by atoms with Gasteiger partial charge in [0.25, 0.3) is 0 Å². The zero-order valence-corrected chi connectivity index (χ0v) is 8.97. The third kappa shape index (κ3) is 1.40. The number of fused-ring (bicyclic) bond motifs is 1. The van der Waals surface area contributed by atoms with Crippen LogP contribution in [0.1, 0.15) is 11.9 Å². The van der Waals surface area contributed by atoms with E-state index in [1.807, 2.05) is 11.3 Å². The summed E-state index contributed by atoms with van der Waals surface area (Å²) >= 11 is 1.83. The van der Waals surface area contributed by atoms with E-state index in [2.05, 4.69) is 41.7 Å². The summed E-state index contributed by atoms with van der Waals surface area (Å²) in [5.41, 5.74) is 1.26. The monoisotopic (exact) mass is 202 g/mol. The number of para-hydroxylation sites is 1. The Hall–Kier alpha value is -1.33. The molecule has 0 radical (unpaired) electrons. The number of hydrogen-bond donors (Lipinski definition) is 0. The zero-order chi connectivity index (χ0) is 9.97. The Balaban J connectivity index is 2.69. The molecule has 0 fully saturated rings. The Bertz CT molecular complexity index is 490. The van der Waals surface area contributed by atoms with Gasteiger partial charge in [-0.2, -0.15) is 4.57 Å². The fourth-order valence-electron chi connectivity index (χ4n) is 1.61. The molecule has 2 rings (SSSR count). The molecule has 0 aliphatic heterocycles. The quantitative estimate of drug-likeness (QED) is 0.520. The first kappa shape index (κ1) is 9.23. The maximum atomic E-state index is 5.37. The van der Waals surface area contributed by atoms with Gasteiger partial charge in [-0.25, -0.2) is 0 Å². The minimum Gasteiger partial charge on any atom is -0.174 e. The summed E-state index contributed by atoms with van der Waals surface area (Å²) in [6.45, 7) is 2.84. The lowest BCUT2D eigenvalue weighted by Crippen LogP contribution is -2.35. The molecule has 0 atom stereocenters. The van der Waals surface area contributed by atoms with Crippen LogP contribution in [0.2, 0.25) is 0 Å². The second-order valence-corrected chi connectivity index (χ2v) is 4.22. The number of benzene rings is 1. The van der Waals surface area contributed by atoms with Gasteiger partial charge in [0, 0.05) is 12.5 Å². The van der Waals surface area contributed by atoms with Crippen molar-refractivity contribution < 1.29 is 4.57 Å². The van der Waals surface area contributed by atoms with Crippen LogP contribution in [0.4, 0.5) is 0 Å². The molecule has 2 aromatic rings. The average molecular weight is 202 g/mol. The summed E-state index contributed by atoms with van der Waals surface area (Å²) in [6.07, 6.45) is 6.41. The first-order valence-electron chi connectivity index (χ1n) is 4.70. The lowest BCUT2D eigenvalue weighted by Gasteiger charge is -1.90. The van der Waals surface area contributed by atoms with E-state index in [0.29, 0.717) is 6.54 Å². The maximum Gasteiger partial charge on any atom is 0.238 e. The molecule has 70 valence electrons. The molecule has 0 N–H and O–H groups in total. The SMILES string of the molecule is C#CC[n+]1c(CC)sc2ccccc21. The van der Waals surface area contributed by atoms with Crippen molar-refractivity contribution in [2.24, 2.45) is 0 Å². The molecule has 0 amide bonds. The first-order chi connectivity index (χ1) is 6.86. The normalized spacial score (nSPS) is 10.3. The number of nitrogens with zero attached hydrogens (tertiary/aromatic N) is 1. The van der Waals surface area contributed by atoms with Gasteiger partial charge in [-0.3, -0.25) is 0 Å². The molecular weight excluding hydrogens is 190 g/mol. The van der Waals surface area contributed by atoms with Crippen LogP contribution in [-0.2, 0) is 13.0 Å². The Kier molecular flexibility index (Phi) is 2.51. The van der Waals surface area contributed by atoms with Gasteiger partial charge in [0.05, 0.1) is 0 Å². The molecule has 1 aromatic carbocycles. The van der Waals surface area contributed by atoms with Crippen molar-refractivity contribution in [2.45, 2.75) is 19.9 Å². The maximum absolute atomic E-state index is 5.37. The Morgan fingerprint density at radius 1 is 1.43 bits per heavy atom. The highest BCUT2D eigenvalue weighted by Gasteiger charge is 2.16. The predicted molar refractivity (Wildman–Crippen MR) is 60.2 cm³/mol. The van der Waals surface area contributed by atoms with Crippen molar-refractivity contribution >= 4 is 21.6 Å². The summed E-state index contributed by atoms with van der Waals surface area (Å²) in [7, 11) is 0. The van der Waals surface area contributed by atoms with Gasteiger partial charge in [-0.15, -0.1) is 6.42 Å². The lowest BCUT2D eigenvalue weighted by atomic mass is 10.3. The van der Waals surface area contributed by atoms with Crippen molar-refractivity contribution in [3.05, 3.63) is 29.3 Å². The van der Waals surface area contributed by atoms with Gasteiger partial charge >= 0.3 is 0 Å². The summed E-state index contributed by atoms with van der Waals surface area (Å²) in [6, 6.07) is 8.40. The van der Waals surface area contributed by atoms with E-state index in [4.69, 9.17) is 6.42 Å². The number of aromatic nitrogens is 1. The van der Waals surface area contributed by atoms with Gasteiger partial charge in [-0.05, 0) is 12.0 Å². The molecule has 1 heterocycles. The van der Waals surface area contributed by atoms with Crippen LogP contribution in [0.25, 0.3) is 10.2 Å². The zero-order valence-electron chi connectivity index (χ0n) is 8.16. The van der Waals surface area contributed by atoms with E-state index in [0.717, 1.165) is 6.42 Å². The van der Waals surface area contributed by atoms with Crippen LogP contribution < -0.4 is 4.57 Å². The topological polar surface area (TPSA) is 3.88 Å². The highest BCUT2D eigenvalue weighted by molar-refractivity contribution is 7.18. The van der Waals surface area contributed by atoms with Crippen molar-refractivity contribution in [1.82, 2.24) is 0 Å². The molecular formula is C12H12NS+. The molecule has 0 aliphatic carbocycles. The minimum atomic E-state index is 0.674.